The number of nitrogens with one attached hydrogen (secondary N) is 3. The zero-order valence-electron chi connectivity index (χ0n) is 22.9. The Bertz CT molecular complexity index is 1220. The number of nitrogens with two attached hydrogens (primary N) is 2. The Morgan fingerprint density at radius 2 is 1.15 bits per heavy atom. The van der Waals surface area contributed by atoms with E-state index in [9.17, 15) is 39.3 Å². The molecular weight excluding hydrogens is 534 g/mol. The lowest BCUT2D eigenvalue weighted by atomic mass is 10.0. The molecule has 4 amide bonds. The number of phenolic OH excluding ortho intramolecular Hbond substituents is 2. The number of rotatable bonds is 15. The van der Waals surface area contributed by atoms with Crippen LogP contribution in [0.2, 0.25) is 0 Å². The van der Waals surface area contributed by atoms with Gasteiger partial charge in [0.15, 0.2) is 0 Å². The summed E-state index contributed by atoms with van der Waals surface area (Å²) in [6, 6.07) is 6.70. The smallest absolute Gasteiger partial charge is 0.326 e. The van der Waals surface area contributed by atoms with Crippen molar-refractivity contribution in [3.8, 4) is 11.5 Å². The lowest BCUT2D eigenvalue weighted by Gasteiger charge is -2.25. The molecule has 0 saturated carbocycles. The third-order valence-corrected chi connectivity index (χ3v) is 6.10. The summed E-state index contributed by atoms with van der Waals surface area (Å²) in [5, 5.41) is 35.9. The van der Waals surface area contributed by atoms with Crippen molar-refractivity contribution in [3.63, 3.8) is 0 Å². The van der Waals surface area contributed by atoms with Gasteiger partial charge in [0, 0.05) is 6.42 Å². The van der Waals surface area contributed by atoms with Gasteiger partial charge in [0.2, 0.25) is 23.6 Å². The molecule has 2 aromatic carbocycles. The Kier molecular flexibility index (Phi) is 12.1. The van der Waals surface area contributed by atoms with Crippen molar-refractivity contribution in [1.29, 1.82) is 0 Å². The number of benzene rings is 2. The fraction of sp³-hybridized carbons (Fsp3) is 0.393. The van der Waals surface area contributed by atoms with Gasteiger partial charge in [-0.3, -0.25) is 19.2 Å². The Morgan fingerprint density at radius 3 is 1.61 bits per heavy atom. The highest BCUT2D eigenvalue weighted by molar-refractivity contribution is 5.96. The molecule has 0 aromatic heterocycles. The summed E-state index contributed by atoms with van der Waals surface area (Å²) in [4.78, 5) is 62.7. The minimum atomic E-state index is -1.48. The molecule has 222 valence electrons. The third-order valence-electron chi connectivity index (χ3n) is 6.10. The van der Waals surface area contributed by atoms with Crippen molar-refractivity contribution in [2.75, 3.05) is 0 Å². The first-order valence-corrected chi connectivity index (χ1v) is 13.0. The van der Waals surface area contributed by atoms with Crippen molar-refractivity contribution in [1.82, 2.24) is 16.0 Å². The van der Waals surface area contributed by atoms with Crippen LogP contribution in [-0.4, -0.2) is 69.1 Å². The molecule has 0 aliphatic rings. The highest BCUT2D eigenvalue weighted by Crippen LogP contribution is 2.13. The maximum absolute atomic E-state index is 13.3. The van der Waals surface area contributed by atoms with Crippen LogP contribution in [0.4, 0.5) is 0 Å². The minimum Gasteiger partial charge on any atom is -0.508 e. The number of hydrogen-bond acceptors (Lipinski definition) is 8. The number of phenols is 2. The maximum atomic E-state index is 13.3. The van der Waals surface area contributed by atoms with Crippen LogP contribution in [0.1, 0.15) is 37.8 Å². The summed E-state index contributed by atoms with van der Waals surface area (Å²) < 4.78 is 0. The summed E-state index contributed by atoms with van der Waals surface area (Å²) in [6.07, 6.45) is -0.485. The standard InChI is InChI=1S/C28H37N5O8/c1-15(2)11-23(28(40)41)33-26(38)21(13-17-5-9-19(35)10-6-17)32-27(39)22(14-24(30)36)31-25(37)20(29)12-16-3-7-18(34)8-4-16/h3-10,15,20-23,34-35H,11-14,29H2,1-2H3,(H2,30,36)(H,31,37)(H,32,39)(H,33,38)(H,40,41). The van der Waals surface area contributed by atoms with Gasteiger partial charge in [0.25, 0.3) is 0 Å². The predicted molar refractivity (Wildman–Crippen MR) is 148 cm³/mol. The third kappa shape index (κ3) is 11.2. The van der Waals surface area contributed by atoms with Gasteiger partial charge in [-0.25, -0.2) is 4.79 Å². The second kappa shape index (κ2) is 15.2. The molecule has 2 aromatic rings. The molecule has 13 nitrogen and oxygen atoms in total. The average Bonchev–Trinajstić information content (AvgIpc) is 2.89. The van der Waals surface area contributed by atoms with Gasteiger partial charge in [-0.15, -0.1) is 0 Å². The molecule has 10 N–H and O–H groups in total. The van der Waals surface area contributed by atoms with E-state index in [1.165, 1.54) is 36.4 Å². The first kappa shape index (κ1) is 32.6. The van der Waals surface area contributed by atoms with Crippen LogP contribution >= 0.6 is 0 Å². The highest BCUT2D eigenvalue weighted by atomic mass is 16.4. The Balaban J connectivity index is 2.23. The van der Waals surface area contributed by atoms with E-state index in [1.807, 2.05) is 0 Å². The Hall–Kier alpha value is -4.65. The fourth-order valence-electron chi connectivity index (χ4n) is 3.98. The summed E-state index contributed by atoms with van der Waals surface area (Å²) in [5.74, 6) is -4.66. The van der Waals surface area contributed by atoms with E-state index >= 15 is 0 Å². The van der Waals surface area contributed by atoms with Gasteiger partial charge in [0.05, 0.1) is 12.5 Å². The van der Waals surface area contributed by atoms with Crippen LogP contribution in [0.3, 0.4) is 0 Å². The van der Waals surface area contributed by atoms with Crippen molar-refractivity contribution in [2.24, 2.45) is 17.4 Å². The summed E-state index contributed by atoms with van der Waals surface area (Å²) >= 11 is 0. The van der Waals surface area contributed by atoms with Gasteiger partial charge in [-0.2, -0.15) is 0 Å². The molecule has 0 saturated heterocycles. The minimum absolute atomic E-state index is 0.0189. The van der Waals surface area contributed by atoms with E-state index in [-0.39, 0.29) is 36.7 Å². The Labute approximate surface area is 237 Å². The van der Waals surface area contributed by atoms with E-state index in [0.717, 1.165) is 0 Å². The monoisotopic (exact) mass is 571 g/mol. The normalized spacial score (nSPS) is 13.9. The molecule has 4 unspecified atom stereocenters. The molecule has 0 fully saturated rings. The second-order valence-corrected chi connectivity index (χ2v) is 10.2. The van der Waals surface area contributed by atoms with Gasteiger partial charge in [-0.1, -0.05) is 38.1 Å². The molecule has 0 aliphatic heterocycles. The predicted octanol–water partition coefficient (Wildman–Crippen LogP) is -0.329. The summed E-state index contributed by atoms with van der Waals surface area (Å²) in [7, 11) is 0. The van der Waals surface area contributed by atoms with Crippen LogP contribution in [-0.2, 0) is 36.8 Å². The molecule has 0 bridgehead atoms. The highest BCUT2D eigenvalue weighted by Gasteiger charge is 2.31. The number of hydrogen-bond donors (Lipinski definition) is 8. The van der Waals surface area contributed by atoms with E-state index in [2.05, 4.69) is 16.0 Å². The number of carboxylic acids is 1. The average molecular weight is 572 g/mol. The lowest BCUT2D eigenvalue weighted by molar-refractivity contribution is -0.143. The number of primary amides is 1. The SMILES string of the molecule is CC(C)CC(NC(=O)C(Cc1ccc(O)cc1)NC(=O)C(CC(N)=O)NC(=O)C(N)Cc1ccc(O)cc1)C(=O)O. The number of amides is 4. The number of aliphatic carboxylic acids is 1. The lowest BCUT2D eigenvalue weighted by Crippen LogP contribution is -2.58. The van der Waals surface area contributed by atoms with E-state index in [1.54, 1.807) is 26.0 Å². The molecule has 2 rings (SSSR count). The second-order valence-electron chi connectivity index (χ2n) is 10.2. The topological polar surface area (TPSA) is 234 Å². The number of carboxylic acid groups (broad SMARTS) is 1. The molecule has 4 atom stereocenters. The van der Waals surface area contributed by atoms with E-state index < -0.39 is 60.2 Å². The first-order valence-electron chi connectivity index (χ1n) is 13.0. The number of carbonyl (C=O) groups excluding carboxylic acids is 4. The number of aromatic hydroxyl groups is 2. The van der Waals surface area contributed by atoms with Crippen molar-refractivity contribution < 1.29 is 39.3 Å². The number of carbonyl (C=O) groups is 5. The van der Waals surface area contributed by atoms with Crippen LogP contribution in [0.5, 0.6) is 11.5 Å². The zero-order chi connectivity index (χ0) is 30.7. The summed E-state index contributed by atoms with van der Waals surface area (Å²) in [6.45, 7) is 3.59. The first-order chi connectivity index (χ1) is 19.2. The molecule has 0 radical (unpaired) electrons. The van der Waals surface area contributed by atoms with Crippen molar-refractivity contribution >= 4 is 29.6 Å². The molecular formula is C28H37N5O8. The van der Waals surface area contributed by atoms with Crippen LogP contribution in [0.25, 0.3) is 0 Å². The quantitative estimate of drug-likeness (QED) is 0.140. The molecule has 0 heterocycles. The molecule has 0 aliphatic carbocycles. The fourth-order valence-corrected chi connectivity index (χ4v) is 3.98. The van der Waals surface area contributed by atoms with Gasteiger partial charge in [0.1, 0.15) is 29.6 Å². The zero-order valence-corrected chi connectivity index (χ0v) is 22.9. The Morgan fingerprint density at radius 1 is 0.707 bits per heavy atom. The molecule has 41 heavy (non-hydrogen) atoms. The molecule has 0 spiro atoms. The van der Waals surface area contributed by atoms with Crippen molar-refractivity contribution in [3.05, 3.63) is 59.7 Å². The van der Waals surface area contributed by atoms with Crippen molar-refractivity contribution in [2.45, 2.75) is 63.7 Å². The van der Waals surface area contributed by atoms with Gasteiger partial charge in [-0.05, 0) is 54.2 Å². The van der Waals surface area contributed by atoms with E-state index in [4.69, 9.17) is 11.5 Å². The largest absolute Gasteiger partial charge is 0.508 e. The molecule has 13 heteroatoms. The van der Waals surface area contributed by atoms with Gasteiger partial charge >= 0.3 is 5.97 Å². The van der Waals surface area contributed by atoms with Crippen LogP contribution in [0.15, 0.2) is 48.5 Å². The maximum Gasteiger partial charge on any atom is 0.326 e. The van der Waals surface area contributed by atoms with Crippen LogP contribution < -0.4 is 27.4 Å². The van der Waals surface area contributed by atoms with Crippen LogP contribution in [0, 0.1) is 5.92 Å². The summed E-state index contributed by atoms with van der Waals surface area (Å²) in [5.41, 5.74) is 12.5. The van der Waals surface area contributed by atoms with E-state index in [0.29, 0.717) is 11.1 Å². The van der Waals surface area contributed by atoms with Gasteiger partial charge < -0.3 is 42.7 Å².